The molecular weight excluding hydrogens is 82.9 g/mol. The van der Waals surface area contributed by atoms with Gasteiger partial charge in [-0.15, -0.1) is 0 Å². The summed E-state index contributed by atoms with van der Waals surface area (Å²) in [5.41, 5.74) is 1.32. The second kappa shape index (κ2) is 1.92. The van der Waals surface area contributed by atoms with Gasteiger partial charge in [-0.1, -0.05) is 0 Å². The molecule has 0 saturated carbocycles. The molecule has 0 fully saturated rings. The predicted molar refractivity (Wildman–Crippen MR) is 32.5 cm³/mol. The SMILES string of the molecule is Cc1cbccc1. The van der Waals surface area contributed by atoms with Crippen LogP contribution in [0.4, 0.5) is 0 Å². The molecular formula is C6H7B. The summed E-state index contributed by atoms with van der Waals surface area (Å²) in [5, 5.41) is 0. The van der Waals surface area contributed by atoms with Gasteiger partial charge in [0.15, 0.2) is 0 Å². The molecule has 0 unspecified atom stereocenters. The molecule has 0 aliphatic carbocycles. The van der Waals surface area contributed by atoms with Crippen LogP contribution in [0.15, 0.2) is 24.1 Å². The van der Waals surface area contributed by atoms with Gasteiger partial charge in [0.25, 0.3) is 0 Å². The molecule has 34 valence electrons. The van der Waals surface area contributed by atoms with E-state index in [0.29, 0.717) is 0 Å². The van der Waals surface area contributed by atoms with Crippen molar-refractivity contribution in [2.24, 2.45) is 0 Å². The summed E-state index contributed by atoms with van der Waals surface area (Å²) in [6.45, 7) is 4.12. The Hall–Kier alpha value is -0.585. The van der Waals surface area contributed by atoms with E-state index in [1.54, 1.807) is 0 Å². The molecule has 1 heteroatoms. The zero-order chi connectivity index (χ0) is 5.11. The van der Waals surface area contributed by atoms with E-state index in [-0.39, 0.29) is 0 Å². The van der Waals surface area contributed by atoms with Gasteiger partial charge in [-0.3, -0.25) is 0 Å². The maximum atomic E-state index is 2.08. The van der Waals surface area contributed by atoms with E-state index in [9.17, 15) is 0 Å². The first-order valence-electron chi connectivity index (χ1n) is 2.41. The maximum absolute atomic E-state index is 2.08. The zero-order valence-electron chi connectivity index (χ0n) is 4.39. The van der Waals surface area contributed by atoms with E-state index in [1.807, 2.05) is 18.9 Å². The molecule has 0 atom stereocenters. The quantitative estimate of drug-likeness (QED) is 0.450. The average Bonchev–Trinajstić information content (AvgIpc) is 1.69. The van der Waals surface area contributed by atoms with Gasteiger partial charge in [0, 0.05) is 0 Å². The molecule has 0 nitrogen and oxygen atoms in total. The van der Waals surface area contributed by atoms with Crippen molar-refractivity contribution < 1.29 is 0 Å². The molecule has 0 amide bonds. The van der Waals surface area contributed by atoms with Crippen LogP contribution in [0.25, 0.3) is 0 Å². The summed E-state index contributed by atoms with van der Waals surface area (Å²) in [6.07, 6.45) is 0. The van der Waals surface area contributed by atoms with Crippen molar-refractivity contribution in [2.75, 3.05) is 0 Å². The Morgan fingerprint density at radius 1 is 1.57 bits per heavy atom. The van der Waals surface area contributed by atoms with E-state index < -0.39 is 0 Å². The van der Waals surface area contributed by atoms with E-state index in [2.05, 4.69) is 19.0 Å². The summed E-state index contributed by atoms with van der Waals surface area (Å²) in [7, 11) is 0. The van der Waals surface area contributed by atoms with Crippen LogP contribution in [0.5, 0.6) is 0 Å². The molecule has 1 aromatic heterocycles. The van der Waals surface area contributed by atoms with Crippen molar-refractivity contribution in [1.29, 1.82) is 0 Å². The van der Waals surface area contributed by atoms with Crippen LogP contribution >= 0.6 is 0 Å². The van der Waals surface area contributed by atoms with Gasteiger partial charge in [0.2, 0.25) is 0 Å². The molecule has 0 saturated heterocycles. The van der Waals surface area contributed by atoms with Gasteiger partial charge in [0.1, 0.15) is 0 Å². The van der Waals surface area contributed by atoms with Crippen LogP contribution < -0.4 is 0 Å². The molecule has 1 aromatic rings. The third-order valence-electron chi connectivity index (χ3n) is 0.940. The topological polar surface area (TPSA) is 0 Å². The molecule has 0 aromatic carbocycles. The Morgan fingerprint density at radius 3 is 2.71 bits per heavy atom. The van der Waals surface area contributed by atoms with Gasteiger partial charge in [-0.2, -0.15) is 0 Å². The molecule has 0 radical (unpaired) electrons. The molecule has 0 aliphatic heterocycles. The van der Waals surface area contributed by atoms with Crippen molar-refractivity contribution in [3.8, 4) is 0 Å². The molecule has 0 aliphatic rings. The van der Waals surface area contributed by atoms with E-state index >= 15 is 0 Å². The molecule has 0 N–H and O–H groups in total. The Balaban J connectivity index is 3.02. The first kappa shape index (κ1) is 4.57. The summed E-state index contributed by atoms with van der Waals surface area (Å²) >= 11 is 0. The third-order valence-corrected chi connectivity index (χ3v) is 0.940. The fourth-order valence-electron chi connectivity index (χ4n) is 0.534. The van der Waals surface area contributed by atoms with Crippen LogP contribution in [0.3, 0.4) is 0 Å². The van der Waals surface area contributed by atoms with Gasteiger partial charge in [0.05, 0.1) is 0 Å². The van der Waals surface area contributed by atoms with E-state index in [0.717, 1.165) is 0 Å². The molecule has 0 bridgehead atoms. The first-order valence-corrected chi connectivity index (χ1v) is 2.41. The van der Waals surface area contributed by atoms with Crippen LogP contribution in [0.2, 0.25) is 0 Å². The molecule has 1 heterocycles. The molecule has 1 rings (SSSR count). The first-order chi connectivity index (χ1) is 3.39. The fourth-order valence-corrected chi connectivity index (χ4v) is 0.534. The van der Waals surface area contributed by atoms with Gasteiger partial charge >= 0.3 is 43.5 Å². The number of aryl methyl sites for hydroxylation is 1. The van der Waals surface area contributed by atoms with Crippen molar-refractivity contribution >= 4 is 6.91 Å². The van der Waals surface area contributed by atoms with Crippen molar-refractivity contribution in [1.82, 2.24) is 0 Å². The van der Waals surface area contributed by atoms with Gasteiger partial charge in [-0.25, -0.2) is 0 Å². The van der Waals surface area contributed by atoms with E-state index in [4.69, 9.17) is 0 Å². The average molecular weight is 89.9 g/mol. The Morgan fingerprint density at radius 2 is 2.43 bits per heavy atom. The van der Waals surface area contributed by atoms with E-state index in [1.165, 1.54) is 5.56 Å². The Kier molecular flexibility index (Phi) is 1.25. The Bertz CT molecular complexity index is 134. The van der Waals surface area contributed by atoms with Crippen molar-refractivity contribution in [3.63, 3.8) is 0 Å². The van der Waals surface area contributed by atoms with Crippen LogP contribution in [0.1, 0.15) is 5.56 Å². The van der Waals surface area contributed by atoms with Crippen LogP contribution in [0, 0.1) is 6.92 Å². The predicted octanol–water partition coefficient (Wildman–Crippen LogP) is 1.33. The summed E-state index contributed by atoms with van der Waals surface area (Å²) in [6, 6.07) is 4.12. The normalized spacial score (nSPS) is 8.14. The second-order valence-electron chi connectivity index (χ2n) is 1.65. The summed E-state index contributed by atoms with van der Waals surface area (Å²) < 4.78 is 0. The standard InChI is InChI=1S/C6H7B/c1-6-3-2-4-7-5-6/h2-5H,1H3. The van der Waals surface area contributed by atoms with Crippen LogP contribution in [-0.4, -0.2) is 6.91 Å². The van der Waals surface area contributed by atoms with Crippen LogP contribution in [-0.2, 0) is 0 Å². The minimum atomic E-state index is 1.32. The summed E-state index contributed by atoms with van der Waals surface area (Å²) in [5.74, 6) is 4.10. The van der Waals surface area contributed by atoms with Crippen molar-refractivity contribution in [3.05, 3.63) is 29.6 Å². The number of hydrogen-bond donors (Lipinski definition) is 0. The minimum absolute atomic E-state index is 1.32. The number of hydrogen-bond acceptors (Lipinski definition) is 0. The second-order valence-corrected chi connectivity index (χ2v) is 1.65. The van der Waals surface area contributed by atoms with Gasteiger partial charge < -0.3 is 0 Å². The molecule has 7 heavy (non-hydrogen) atoms. The van der Waals surface area contributed by atoms with Crippen molar-refractivity contribution in [2.45, 2.75) is 6.92 Å². The fraction of sp³-hybridized carbons (Fsp3) is 0.167. The van der Waals surface area contributed by atoms with Gasteiger partial charge in [-0.05, 0) is 0 Å². The Labute approximate surface area is 44.4 Å². The number of rotatable bonds is 0. The summed E-state index contributed by atoms with van der Waals surface area (Å²) in [4.78, 5) is 0. The monoisotopic (exact) mass is 90.1 g/mol. The third kappa shape index (κ3) is 1.15. The zero-order valence-corrected chi connectivity index (χ0v) is 4.39. The molecule has 0 spiro atoms.